The van der Waals surface area contributed by atoms with Crippen LogP contribution in [0.3, 0.4) is 0 Å². The molecule has 1 N–H and O–H groups in total. The van der Waals surface area contributed by atoms with E-state index in [2.05, 4.69) is 4.98 Å². The van der Waals surface area contributed by atoms with Gasteiger partial charge in [-0.2, -0.15) is 0 Å². The fourth-order valence-corrected chi connectivity index (χ4v) is 0.977. The molecule has 1 aromatic rings. The maximum Gasteiger partial charge on any atom is 0.213 e. The summed E-state index contributed by atoms with van der Waals surface area (Å²) in [7, 11) is 0. The van der Waals surface area contributed by atoms with E-state index >= 15 is 0 Å². The lowest BCUT2D eigenvalue weighted by atomic mass is 10.3. The highest BCUT2D eigenvalue weighted by Gasteiger charge is 1.96. The maximum atomic E-state index is 8.86. The van der Waals surface area contributed by atoms with E-state index in [4.69, 9.17) is 14.6 Å². The van der Waals surface area contributed by atoms with Gasteiger partial charge in [0.25, 0.3) is 0 Å². The van der Waals surface area contributed by atoms with E-state index in [0.29, 0.717) is 25.7 Å². The Morgan fingerprint density at radius 3 is 3.00 bits per heavy atom. The van der Waals surface area contributed by atoms with Crippen LogP contribution in [0.25, 0.3) is 0 Å². The van der Waals surface area contributed by atoms with Gasteiger partial charge in [0, 0.05) is 18.9 Å². The van der Waals surface area contributed by atoms with Crippen molar-refractivity contribution in [1.82, 2.24) is 4.98 Å². The lowest BCUT2D eigenvalue weighted by Gasteiger charge is -2.05. The molecule has 0 aromatic carbocycles. The molecule has 1 heterocycles. The van der Waals surface area contributed by atoms with Crippen LogP contribution in [0.4, 0.5) is 0 Å². The Morgan fingerprint density at radius 2 is 2.29 bits per heavy atom. The summed E-state index contributed by atoms with van der Waals surface area (Å²) < 4.78 is 10.4. The van der Waals surface area contributed by atoms with Crippen molar-refractivity contribution in [2.45, 2.75) is 13.5 Å². The molecule has 4 heteroatoms. The minimum absolute atomic E-state index is 0.00431. The maximum absolute atomic E-state index is 8.86. The first kappa shape index (κ1) is 10.9. The number of aliphatic hydroxyl groups excluding tert-OH is 1. The summed E-state index contributed by atoms with van der Waals surface area (Å²) in [6, 6.07) is 3.46. The zero-order valence-electron chi connectivity index (χ0n) is 8.27. The second-order valence-electron chi connectivity index (χ2n) is 2.71. The van der Waals surface area contributed by atoms with Crippen molar-refractivity contribution >= 4 is 0 Å². The first-order chi connectivity index (χ1) is 6.86. The lowest BCUT2D eigenvalue weighted by molar-refractivity contribution is 0.108. The van der Waals surface area contributed by atoms with Crippen molar-refractivity contribution in [3.05, 3.63) is 23.9 Å². The Labute approximate surface area is 83.5 Å². The molecule has 4 nitrogen and oxygen atoms in total. The van der Waals surface area contributed by atoms with Crippen LogP contribution in [0.15, 0.2) is 18.3 Å². The molecule has 0 fully saturated rings. The minimum atomic E-state index is 0.00431. The van der Waals surface area contributed by atoms with Crippen LogP contribution in [0.5, 0.6) is 5.88 Å². The molecular formula is C10H15NO3. The third-order valence-electron chi connectivity index (χ3n) is 1.66. The van der Waals surface area contributed by atoms with E-state index in [-0.39, 0.29) is 6.61 Å². The summed E-state index contributed by atoms with van der Waals surface area (Å²) in [5.41, 5.74) is 0.798. The third-order valence-corrected chi connectivity index (χ3v) is 1.66. The molecule has 78 valence electrons. The number of hydrogen-bond donors (Lipinski definition) is 1. The molecule has 0 saturated carbocycles. The summed E-state index contributed by atoms with van der Waals surface area (Å²) in [4.78, 5) is 4.00. The predicted molar refractivity (Wildman–Crippen MR) is 52.1 cm³/mol. The van der Waals surface area contributed by atoms with Gasteiger partial charge in [-0.1, -0.05) is 0 Å². The molecular weight excluding hydrogens is 182 g/mol. The van der Waals surface area contributed by atoms with Crippen molar-refractivity contribution in [3.8, 4) is 5.88 Å². The van der Waals surface area contributed by atoms with E-state index in [1.807, 2.05) is 6.92 Å². The van der Waals surface area contributed by atoms with Crippen LogP contribution in [0.2, 0.25) is 0 Å². The topological polar surface area (TPSA) is 51.6 Å². The van der Waals surface area contributed by atoms with Crippen LogP contribution in [-0.2, 0) is 11.3 Å². The third kappa shape index (κ3) is 3.72. The molecule has 0 atom stereocenters. The SMILES string of the molecule is CCOCCOc1cc(CO)ccn1. The van der Waals surface area contributed by atoms with Gasteiger partial charge in [0.05, 0.1) is 13.2 Å². The lowest BCUT2D eigenvalue weighted by Crippen LogP contribution is -2.07. The van der Waals surface area contributed by atoms with Gasteiger partial charge in [-0.05, 0) is 18.6 Å². The van der Waals surface area contributed by atoms with Gasteiger partial charge in [0.15, 0.2) is 0 Å². The van der Waals surface area contributed by atoms with Gasteiger partial charge in [-0.3, -0.25) is 0 Å². The Hall–Kier alpha value is -1.13. The largest absolute Gasteiger partial charge is 0.475 e. The first-order valence-corrected chi connectivity index (χ1v) is 4.63. The van der Waals surface area contributed by atoms with Crippen LogP contribution in [0, 0.1) is 0 Å². The normalized spacial score (nSPS) is 10.1. The van der Waals surface area contributed by atoms with Gasteiger partial charge >= 0.3 is 0 Å². The summed E-state index contributed by atoms with van der Waals surface area (Å²) in [5.74, 6) is 0.524. The zero-order chi connectivity index (χ0) is 10.2. The zero-order valence-corrected chi connectivity index (χ0v) is 8.27. The highest BCUT2D eigenvalue weighted by atomic mass is 16.5. The van der Waals surface area contributed by atoms with Gasteiger partial charge in [-0.15, -0.1) is 0 Å². The molecule has 0 aliphatic heterocycles. The average molecular weight is 197 g/mol. The van der Waals surface area contributed by atoms with Crippen molar-refractivity contribution in [2.24, 2.45) is 0 Å². The number of hydrogen-bond acceptors (Lipinski definition) is 4. The van der Waals surface area contributed by atoms with E-state index in [9.17, 15) is 0 Å². The van der Waals surface area contributed by atoms with Crippen LogP contribution < -0.4 is 4.74 Å². The first-order valence-electron chi connectivity index (χ1n) is 4.63. The minimum Gasteiger partial charge on any atom is -0.475 e. The molecule has 0 bridgehead atoms. The van der Waals surface area contributed by atoms with Gasteiger partial charge < -0.3 is 14.6 Å². The Morgan fingerprint density at radius 1 is 1.43 bits per heavy atom. The van der Waals surface area contributed by atoms with Gasteiger partial charge in [0.2, 0.25) is 5.88 Å². The monoisotopic (exact) mass is 197 g/mol. The number of ether oxygens (including phenoxy) is 2. The van der Waals surface area contributed by atoms with Crippen molar-refractivity contribution in [3.63, 3.8) is 0 Å². The quantitative estimate of drug-likeness (QED) is 0.691. The Bertz CT molecular complexity index is 265. The second-order valence-corrected chi connectivity index (χ2v) is 2.71. The molecule has 1 rings (SSSR count). The second kappa shape index (κ2) is 6.34. The number of pyridine rings is 1. The molecule has 0 aliphatic rings. The summed E-state index contributed by atoms with van der Waals surface area (Å²) >= 11 is 0. The molecule has 0 unspecified atom stereocenters. The number of aromatic nitrogens is 1. The average Bonchev–Trinajstić information content (AvgIpc) is 2.25. The van der Waals surface area contributed by atoms with E-state index in [1.54, 1.807) is 18.3 Å². The van der Waals surface area contributed by atoms with Gasteiger partial charge in [0.1, 0.15) is 6.61 Å². The van der Waals surface area contributed by atoms with Gasteiger partial charge in [-0.25, -0.2) is 4.98 Å². The van der Waals surface area contributed by atoms with E-state index in [0.717, 1.165) is 5.56 Å². The number of rotatable bonds is 6. The van der Waals surface area contributed by atoms with Crippen molar-refractivity contribution < 1.29 is 14.6 Å². The highest BCUT2D eigenvalue weighted by Crippen LogP contribution is 2.08. The van der Waals surface area contributed by atoms with Crippen LogP contribution >= 0.6 is 0 Å². The summed E-state index contributed by atoms with van der Waals surface area (Å²) in [5, 5.41) is 8.86. The number of aliphatic hydroxyl groups is 1. The van der Waals surface area contributed by atoms with E-state index < -0.39 is 0 Å². The molecule has 0 aliphatic carbocycles. The molecule has 14 heavy (non-hydrogen) atoms. The molecule has 1 aromatic heterocycles. The molecule has 0 saturated heterocycles. The van der Waals surface area contributed by atoms with E-state index in [1.165, 1.54) is 0 Å². The van der Waals surface area contributed by atoms with Crippen LogP contribution in [0.1, 0.15) is 12.5 Å². The Kier molecular flexibility index (Phi) is 4.96. The fraction of sp³-hybridized carbons (Fsp3) is 0.500. The molecule has 0 spiro atoms. The molecule has 0 radical (unpaired) electrons. The predicted octanol–water partition coefficient (Wildman–Crippen LogP) is 0.989. The molecule has 0 amide bonds. The van der Waals surface area contributed by atoms with Crippen LogP contribution in [-0.4, -0.2) is 29.9 Å². The van der Waals surface area contributed by atoms with Crippen molar-refractivity contribution in [2.75, 3.05) is 19.8 Å². The Balaban J connectivity index is 2.34. The number of nitrogens with zero attached hydrogens (tertiary/aromatic N) is 1. The summed E-state index contributed by atoms with van der Waals surface area (Å²) in [6.45, 7) is 3.67. The smallest absolute Gasteiger partial charge is 0.213 e. The standard InChI is InChI=1S/C10H15NO3/c1-2-13-5-6-14-10-7-9(8-12)3-4-11-10/h3-4,7,12H,2,5-6,8H2,1H3. The summed E-state index contributed by atoms with van der Waals surface area (Å²) in [6.07, 6.45) is 1.61. The highest BCUT2D eigenvalue weighted by molar-refractivity contribution is 5.19. The fourth-order valence-electron chi connectivity index (χ4n) is 0.977. The van der Waals surface area contributed by atoms with Crippen molar-refractivity contribution in [1.29, 1.82) is 0 Å².